The molecular formula is C15H24N2O. The first-order chi connectivity index (χ1) is 8.62. The third-order valence-corrected chi connectivity index (χ3v) is 3.30. The van der Waals surface area contributed by atoms with Crippen LogP contribution >= 0.6 is 0 Å². The number of aryl methyl sites for hydroxylation is 1. The number of benzene rings is 1. The molecule has 0 radical (unpaired) electrons. The Balaban J connectivity index is 2.80. The predicted molar refractivity (Wildman–Crippen MR) is 76.7 cm³/mol. The van der Waals surface area contributed by atoms with Crippen LogP contribution < -0.4 is 10.6 Å². The quantitative estimate of drug-likeness (QED) is 0.841. The maximum atomic E-state index is 12.3. The van der Waals surface area contributed by atoms with Gasteiger partial charge in [0, 0.05) is 18.7 Å². The van der Waals surface area contributed by atoms with Gasteiger partial charge in [-0.15, -0.1) is 0 Å². The summed E-state index contributed by atoms with van der Waals surface area (Å²) in [6, 6.07) is 8.06. The molecule has 3 nitrogen and oxygen atoms in total. The minimum Gasteiger partial charge on any atom is -0.330 e. The molecule has 0 aliphatic heterocycles. The summed E-state index contributed by atoms with van der Waals surface area (Å²) in [7, 11) is 0. The van der Waals surface area contributed by atoms with Gasteiger partial charge in [0.15, 0.2) is 0 Å². The maximum Gasteiger partial charge on any atom is 0.227 e. The molecular weight excluding hydrogens is 224 g/mol. The highest BCUT2D eigenvalue weighted by molar-refractivity contribution is 5.93. The molecule has 0 saturated carbocycles. The normalized spacial score (nSPS) is 12.2. The van der Waals surface area contributed by atoms with Gasteiger partial charge in [-0.05, 0) is 44.0 Å². The molecule has 1 aromatic rings. The largest absolute Gasteiger partial charge is 0.330 e. The van der Waals surface area contributed by atoms with E-state index in [0.29, 0.717) is 19.5 Å². The molecule has 18 heavy (non-hydrogen) atoms. The second-order valence-electron chi connectivity index (χ2n) is 4.69. The second kappa shape index (κ2) is 7.17. The summed E-state index contributed by atoms with van der Waals surface area (Å²) in [6.45, 7) is 7.39. The van der Waals surface area contributed by atoms with Gasteiger partial charge in [0.25, 0.3) is 0 Å². The van der Waals surface area contributed by atoms with E-state index < -0.39 is 0 Å². The van der Waals surface area contributed by atoms with Crippen LogP contribution in [0.25, 0.3) is 0 Å². The predicted octanol–water partition coefficient (Wildman–Crippen LogP) is 2.72. The smallest absolute Gasteiger partial charge is 0.227 e. The van der Waals surface area contributed by atoms with Crippen molar-refractivity contribution in [3.8, 4) is 0 Å². The van der Waals surface area contributed by atoms with Crippen LogP contribution in [0.2, 0.25) is 0 Å². The van der Waals surface area contributed by atoms with Gasteiger partial charge < -0.3 is 10.6 Å². The van der Waals surface area contributed by atoms with Crippen molar-refractivity contribution in [2.45, 2.75) is 33.6 Å². The van der Waals surface area contributed by atoms with Crippen molar-refractivity contribution in [3.05, 3.63) is 29.8 Å². The first kappa shape index (κ1) is 14.7. The zero-order valence-electron chi connectivity index (χ0n) is 11.6. The van der Waals surface area contributed by atoms with Crippen LogP contribution in [-0.4, -0.2) is 19.0 Å². The van der Waals surface area contributed by atoms with Gasteiger partial charge in [0.2, 0.25) is 5.91 Å². The van der Waals surface area contributed by atoms with Gasteiger partial charge in [-0.1, -0.05) is 25.5 Å². The standard InChI is InChI=1S/C15H24N2O/c1-4-13(11-16)10-15(18)17(5-2)14-8-6-7-12(3)9-14/h6-9,13H,4-5,10-11,16H2,1-3H3. The Morgan fingerprint density at radius 3 is 2.61 bits per heavy atom. The van der Waals surface area contributed by atoms with Crippen molar-refractivity contribution in [1.82, 2.24) is 0 Å². The van der Waals surface area contributed by atoms with Crippen molar-refractivity contribution >= 4 is 11.6 Å². The first-order valence-corrected chi connectivity index (χ1v) is 6.69. The molecule has 0 aliphatic rings. The number of nitrogens with two attached hydrogens (primary N) is 1. The number of hydrogen-bond donors (Lipinski definition) is 1. The van der Waals surface area contributed by atoms with Gasteiger partial charge in [-0.25, -0.2) is 0 Å². The van der Waals surface area contributed by atoms with E-state index in [-0.39, 0.29) is 11.8 Å². The number of hydrogen-bond acceptors (Lipinski definition) is 2. The third kappa shape index (κ3) is 3.84. The van der Waals surface area contributed by atoms with Crippen molar-refractivity contribution in [3.63, 3.8) is 0 Å². The Labute approximate surface area is 110 Å². The van der Waals surface area contributed by atoms with E-state index in [2.05, 4.69) is 6.92 Å². The highest BCUT2D eigenvalue weighted by Gasteiger charge is 2.17. The van der Waals surface area contributed by atoms with E-state index in [1.807, 2.05) is 43.0 Å². The average molecular weight is 248 g/mol. The molecule has 0 fully saturated rings. The van der Waals surface area contributed by atoms with Gasteiger partial charge in [-0.3, -0.25) is 4.79 Å². The fourth-order valence-corrected chi connectivity index (χ4v) is 2.05. The number of amides is 1. The molecule has 100 valence electrons. The lowest BCUT2D eigenvalue weighted by Gasteiger charge is -2.23. The molecule has 1 rings (SSSR count). The third-order valence-electron chi connectivity index (χ3n) is 3.30. The molecule has 0 bridgehead atoms. The summed E-state index contributed by atoms with van der Waals surface area (Å²) >= 11 is 0. The lowest BCUT2D eigenvalue weighted by atomic mass is 10.0. The number of rotatable bonds is 6. The topological polar surface area (TPSA) is 46.3 Å². The Morgan fingerprint density at radius 2 is 2.11 bits per heavy atom. The molecule has 1 amide bonds. The molecule has 2 N–H and O–H groups in total. The van der Waals surface area contributed by atoms with Crippen LogP contribution in [0.5, 0.6) is 0 Å². The van der Waals surface area contributed by atoms with E-state index in [4.69, 9.17) is 5.73 Å². The highest BCUT2D eigenvalue weighted by atomic mass is 16.2. The van der Waals surface area contributed by atoms with Crippen LogP contribution in [0.15, 0.2) is 24.3 Å². The number of carbonyl (C=O) groups excluding carboxylic acids is 1. The molecule has 1 atom stereocenters. The van der Waals surface area contributed by atoms with Crippen LogP contribution in [0.1, 0.15) is 32.3 Å². The lowest BCUT2D eigenvalue weighted by Crippen LogP contribution is -2.33. The molecule has 1 aromatic carbocycles. The van der Waals surface area contributed by atoms with E-state index in [1.54, 1.807) is 0 Å². The molecule has 0 aromatic heterocycles. The van der Waals surface area contributed by atoms with Gasteiger partial charge in [0.05, 0.1) is 0 Å². The average Bonchev–Trinajstić information content (AvgIpc) is 2.37. The summed E-state index contributed by atoms with van der Waals surface area (Å²) in [6.07, 6.45) is 1.49. The monoisotopic (exact) mass is 248 g/mol. The van der Waals surface area contributed by atoms with E-state index in [9.17, 15) is 4.79 Å². The highest BCUT2D eigenvalue weighted by Crippen LogP contribution is 2.18. The van der Waals surface area contributed by atoms with Crippen LogP contribution in [0.3, 0.4) is 0 Å². The van der Waals surface area contributed by atoms with E-state index >= 15 is 0 Å². The minimum absolute atomic E-state index is 0.167. The van der Waals surface area contributed by atoms with E-state index in [0.717, 1.165) is 12.1 Å². The molecule has 0 saturated heterocycles. The van der Waals surface area contributed by atoms with Crippen LogP contribution in [-0.2, 0) is 4.79 Å². The Kier molecular flexibility index (Phi) is 5.86. The Morgan fingerprint density at radius 1 is 1.39 bits per heavy atom. The zero-order chi connectivity index (χ0) is 13.5. The summed E-state index contributed by atoms with van der Waals surface area (Å²) in [5.41, 5.74) is 7.82. The van der Waals surface area contributed by atoms with E-state index in [1.165, 1.54) is 5.56 Å². The maximum absolute atomic E-state index is 12.3. The fourth-order valence-electron chi connectivity index (χ4n) is 2.05. The number of anilines is 1. The summed E-state index contributed by atoms with van der Waals surface area (Å²) < 4.78 is 0. The van der Waals surface area contributed by atoms with Gasteiger partial charge in [0.1, 0.15) is 0 Å². The summed E-state index contributed by atoms with van der Waals surface area (Å²) in [4.78, 5) is 14.1. The number of carbonyl (C=O) groups is 1. The molecule has 3 heteroatoms. The number of nitrogens with zero attached hydrogens (tertiary/aromatic N) is 1. The lowest BCUT2D eigenvalue weighted by molar-refractivity contribution is -0.119. The summed E-state index contributed by atoms with van der Waals surface area (Å²) in [5.74, 6) is 0.455. The Hall–Kier alpha value is -1.35. The molecule has 0 heterocycles. The molecule has 1 unspecified atom stereocenters. The van der Waals surface area contributed by atoms with Crippen LogP contribution in [0.4, 0.5) is 5.69 Å². The molecule has 0 spiro atoms. The summed E-state index contributed by atoms with van der Waals surface area (Å²) in [5, 5.41) is 0. The fraction of sp³-hybridized carbons (Fsp3) is 0.533. The van der Waals surface area contributed by atoms with Crippen molar-refractivity contribution in [1.29, 1.82) is 0 Å². The molecule has 0 aliphatic carbocycles. The van der Waals surface area contributed by atoms with Crippen molar-refractivity contribution in [2.75, 3.05) is 18.0 Å². The Bertz CT molecular complexity index is 386. The van der Waals surface area contributed by atoms with Crippen molar-refractivity contribution < 1.29 is 4.79 Å². The van der Waals surface area contributed by atoms with Gasteiger partial charge >= 0.3 is 0 Å². The van der Waals surface area contributed by atoms with Crippen molar-refractivity contribution in [2.24, 2.45) is 11.7 Å². The SMILES string of the molecule is CCC(CN)CC(=O)N(CC)c1cccc(C)c1. The van der Waals surface area contributed by atoms with Crippen LogP contribution in [0, 0.1) is 12.8 Å². The second-order valence-corrected chi connectivity index (χ2v) is 4.69. The first-order valence-electron chi connectivity index (χ1n) is 6.69. The minimum atomic E-state index is 0.167. The van der Waals surface area contributed by atoms with Gasteiger partial charge in [-0.2, -0.15) is 0 Å². The zero-order valence-corrected chi connectivity index (χ0v) is 11.6.